The van der Waals surface area contributed by atoms with Gasteiger partial charge in [0.15, 0.2) is 5.96 Å². The van der Waals surface area contributed by atoms with Gasteiger partial charge < -0.3 is 25.1 Å². The lowest BCUT2D eigenvalue weighted by Crippen LogP contribution is -2.45. The number of furan rings is 1. The third-order valence-corrected chi connectivity index (χ3v) is 4.17. The Bertz CT molecular complexity index is 491. The van der Waals surface area contributed by atoms with Crippen molar-refractivity contribution >= 4 is 5.96 Å². The number of likely N-dealkylation sites (N-methyl/N-ethyl adjacent to an activating group) is 1. The van der Waals surface area contributed by atoms with E-state index in [0.717, 1.165) is 24.7 Å². The van der Waals surface area contributed by atoms with E-state index < -0.39 is 5.60 Å². The van der Waals surface area contributed by atoms with Gasteiger partial charge in [0.05, 0.1) is 18.4 Å². The molecule has 0 saturated heterocycles. The summed E-state index contributed by atoms with van der Waals surface area (Å²) in [4.78, 5) is 6.59. The molecule has 0 aliphatic heterocycles. The van der Waals surface area contributed by atoms with Gasteiger partial charge in [-0.3, -0.25) is 4.99 Å². The summed E-state index contributed by atoms with van der Waals surface area (Å²) in [5.41, 5.74) is -0.838. The molecule has 2 rings (SSSR count). The summed E-state index contributed by atoms with van der Waals surface area (Å²) in [5, 5.41) is 17.3. The second-order valence-electron chi connectivity index (χ2n) is 7.28. The fraction of sp³-hybridized carbons (Fsp3) is 0.722. The minimum absolute atomic E-state index is 0.369. The third kappa shape index (κ3) is 6.93. The Morgan fingerprint density at radius 3 is 2.79 bits per heavy atom. The molecule has 1 aliphatic carbocycles. The van der Waals surface area contributed by atoms with Gasteiger partial charge >= 0.3 is 0 Å². The van der Waals surface area contributed by atoms with Gasteiger partial charge in [-0.1, -0.05) is 12.8 Å². The maximum absolute atomic E-state index is 10.5. The molecule has 1 aliphatic rings. The second-order valence-corrected chi connectivity index (χ2v) is 7.28. The van der Waals surface area contributed by atoms with Gasteiger partial charge in [-0.05, 0) is 46.0 Å². The average Bonchev–Trinajstić information content (AvgIpc) is 3.16. The molecular weight excluding hydrogens is 304 g/mol. The van der Waals surface area contributed by atoms with E-state index in [9.17, 15) is 5.11 Å². The molecule has 1 fully saturated rings. The standard InChI is InChI=1S/C18H32N4O2/c1-18(23,14-22(2)3)13-20-17(21-15-7-4-5-8-15)19-11-10-16-9-6-12-24-16/h6,9,12,15,23H,4-5,7-8,10-11,13-14H2,1-3H3,(H2,19,20,21). The Hall–Kier alpha value is -1.53. The molecule has 0 spiro atoms. The van der Waals surface area contributed by atoms with E-state index in [0.29, 0.717) is 19.1 Å². The van der Waals surface area contributed by atoms with Gasteiger partial charge in [-0.2, -0.15) is 0 Å². The Morgan fingerprint density at radius 1 is 1.42 bits per heavy atom. The topological polar surface area (TPSA) is 73.0 Å². The maximum Gasteiger partial charge on any atom is 0.191 e. The Labute approximate surface area is 145 Å². The predicted octanol–water partition coefficient (Wildman–Crippen LogP) is 1.61. The molecule has 0 bridgehead atoms. The molecule has 0 aromatic carbocycles. The largest absolute Gasteiger partial charge is 0.469 e. The number of nitrogens with zero attached hydrogens (tertiary/aromatic N) is 2. The molecule has 1 aromatic rings. The number of guanidine groups is 1. The van der Waals surface area contributed by atoms with Crippen molar-refractivity contribution in [3.63, 3.8) is 0 Å². The lowest BCUT2D eigenvalue weighted by molar-refractivity contribution is 0.0423. The predicted molar refractivity (Wildman–Crippen MR) is 97.3 cm³/mol. The first-order valence-electron chi connectivity index (χ1n) is 8.89. The minimum Gasteiger partial charge on any atom is -0.469 e. The van der Waals surface area contributed by atoms with E-state index in [1.807, 2.05) is 38.1 Å². The molecule has 1 heterocycles. The molecule has 3 N–H and O–H groups in total. The lowest BCUT2D eigenvalue weighted by atomic mass is 10.1. The molecule has 1 atom stereocenters. The highest BCUT2D eigenvalue weighted by Gasteiger charge is 2.22. The zero-order valence-corrected chi connectivity index (χ0v) is 15.2. The number of aliphatic hydroxyl groups is 1. The van der Waals surface area contributed by atoms with Crippen molar-refractivity contribution in [1.29, 1.82) is 0 Å². The van der Waals surface area contributed by atoms with Crippen LogP contribution >= 0.6 is 0 Å². The van der Waals surface area contributed by atoms with Crippen LogP contribution in [0, 0.1) is 0 Å². The van der Waals surface area contributed by atoms with Crippen LogP contribution < -0.4 is 10.6 Å². The van der Waals surface area contributed by atoms with Crippen molar-refractivity contribution in [3.05, 3.63) is 24.2 Å². The first-order chi connectivity index (χ1) is 11.4. The molecular formula is C18H32N4O2. The summed E-state index contributed by atoms with van der Waals surface area (Å²) in [6, 6.07) is 4.36. The van der Waals surface area contributed by atoms with E-state index in [4.69, 9.17) is 4.42 Å². The van der Waals surface area contributed by atoms with E-state index >= 15 is 0 Å². The normalized spacial score (nSPS) is 18.8. The number of aliphatic imine (C=N–C) groups is 1. The monoisotopic (exact) mass is 336 g/mol. The molecule has 0 amide bonds. The van der Waals surface area contributed by atoms with E-state index in [-0.39, 0.29) is 0 Å². The van der Waals surface area contributed by atoms with Crippen molar-refractivity contribution in [2.24, 2.45) is 4.99 Å². The quantitative estimate of drug-likeness (QED) is 0.497. The van der Waals surface area contributed by atoms with Crippen LogP contribution in [-0.2, 0) is 6.42 Å². The molecule has 6 heteroatoms. The number of hydrogen-bond donors (Lipinski definition) is 3. The van der Waals surface area contributed by atoms with Crippen molar-refractivity contribution in [1.82, 2.24) is 15.5 Å². The molecule has 1 saturated carbocycles. The van der Waals surface area contributed by atoms with Crippen molar-refractivity contribution < 1.29 is 9.52 Å². The SMILES string of the molecule is CN(C)CC(C)(O)CN=C(NCCc1ccco1)NC1CCCC1. The highest BCUT2D eigenvalue weighted by Crippen LogP contribution is 2.17. The molecule has 1 aromatic heterocycles. The van der Waals surface area contributed by atoms with Crippen molar-refractivity contribution in [2.45, 2.75) is 50.7 Å². The van der Waals surface area contributed by atoms with Crippen LogP contribution in [0.5, 0.6) is 0 Å². The Morgan fingerprint density at radius 2 is 2.17 bits per heavy atom. The second kappa shape index (κ2) is 9.08. The molecule has 136 valence electrons. The molecule has 1 unspecified atom stereocenters. The summed E-state index contributed by atoms with van der Waals surface area (Å²) >= 11 is 0. The number of hydrogen-bond acceptors (Lipinski definition) is 4. The van der Waals surface area contributed by atoms with Gasteiger partial charge in [0, 0.05) is 25.6 Å². The van der Waals surface area contributed by atoms with Crippen LogP contribution in [0.4, 0.5) is 0 Å². The minimum atomic E-state index is -0.838. The summed E-state index contributed by atoms with van der Waals surface area (Å²) in [7, 11) is 3.91. The number of nitrogens with one attached hydrogen (secondary N) is 2. The van der Waals surface area contributed by atoms with Crippen LogP contribution in [0.3, 0.4) is 0 Å². The zero-order chi connectivity index (χ0) is 17.4. The average molecular weight is 336 g/mol. The van der Waals surface area contributed by atoms with E-state index in [2.05, 4.69) is 15.6 Å². The first kappa shape index (κ1) is 18.8. The summed E-state index contributed by atoms with van der Waals surface area (Å²) < 4.78 is 5.36. The Balaban J connectivity index is 1.89. The molecule has 6 nitrogen and oxygen atoms in total. The van der Waals surface area contributed by atoms with Gasteiger partial charge in [0.25, 0.3) is 0 Å². The Kier molecular flexibility index (Phi) is 7.12. The first-order valence-corrected chi connectivity index (χ1v) is 8.89. The van der Waals surface area contributed by atoms with Crippen LogP contribution in [0.25, 0.3) is 0 Å². The molecule has 0 radical (unpaired) electrons. The highest BCUT2D eigenvalue weighted by atomic mass is 16.3. The van der Waals surface area contributed by atoms with E-state index in [1.165, 1.54) is 25.7 Å². The van der Waals surface area contributed by atoms with Gasteiger partial charge in [0.1, 0.15) is 5.76 Å². The lowest BCUT2D eigenvalue weighted by Gasteiger charge is -2.26. The fourth-order valence-electron chi connectivity index (χ4n) is 3.16. The summed E-state index contributed by atoms with van der Waals surface area (Å²) in [6.07, 6.45) is 7.43. The number of rotatable bonds is 8. The van der Waals surface area contributed by atoms with Crippen LogP contribution in [0.2, 0.25) is 0 Å². The van der Waals surface area contributed by atoms with Crippen molar-refractivity contribution in [2.75, 3.05) is 33.7 Å². The molecule has 24 heavy (non-hydrogen) atoms. The maximum atomic E-state index is 10.5. The zero-order valence-electron chi connectivity index (χ0n) is 15.2. The summed E-state index contributed by atoms with van der Waals surface area (Å²) in [5.74, 6) is 1.75. The van der Waals surface area contributed by atoms with E-state index in [1.54, 1.807) is 6.26 Å². The smallest absolute Gasteiger partial charge is 0.191 e. The van der Waals surface area contributed by atoms with Gasteiger partial charge in [-0.15, -0.1) is 0 Å². The highest BCUT2D eigenvalue weighted by molar-refractivity contribution is 5.80. The van der Waals surface area contributed by atoms with Crippen molar-refractivity contribution in [3.8, 4) is 0 Å². The van der Waals surface area contributed by atoms with Crippen LogP contribution in [0.1, 0.15) is 38.4 Å². The van der Waals surface area contributed by atoms with Gasteiger partial charge in [-0.25, -0.2) is 0 Å². The third-order valence-electron chi connectivity index (χ3n) is 4.17. The van der Waals surface area contributed by atoms with Gasteiger partial charge in [0.2, 0.25) is 0 Å². The van der Waals surface area contributed by atoms with Crippen LogP contribution in [-0.4, -0.2) is 61.3 Å². The summed E-state index contributed by atoms with van der Waals surface area (Å²) in [6.45, 7) is 3.53. The fourth-order valence-corrected chi connectivity index (χ4v) is 3.16. The van der Waals surface area contributed by atoms with Crippen LogP contribution in [0.15, 0.2) is 27.8 Å².